The summed E-state index contributed by atoms with van der Waals surface area (Å²) in [4.78, 5) is 15.4. The van der Waals surface area contributed by atoms with Gasteiger partial charge in [0.15, 0.2) is 5.15 Å². The average Bonchev–Trinajstić information content (AvgIpc) is 2.39. The topological polar surface area (TPSA) is 60.9 Å². The molecule has 2 N–H and O–H groups in total. The Balaban J connectivity index is 2.51. The first-order chi connectivity index (χ1) is 8.91. The molecule has 0 aliphatic heterocycles. The number of benzene rings is 1. The molecule has 0 atom stereocenters. The Morgan fingerprint density at radius 3 is 2.79 bits per heavy atom. The molecule has 8 heteroatoms. The molecule has 1 heterocycles. The van der Waals surface area contributed by atoms with Crippen molar-refractivity contribution in [3.8, 4) is 0 Å². The molecule has 1 aromatic heterocycles. The van der Waals surface area contributed by atoms with E-state index in [0.717, 1.165) is 17.0 Å². The van der Waals surface area contributed by atoms with Gasteiger partial charge < -0.3 is 5.73 Å². The summed E-state index contributed by atoms with van der Waals surface area (Å²) in [6.07, 6.45) is 1.08. The number of hydrogen-bond acceptors (Lipinski definition) is 3. The third-order valence-corrected chi connectivity index (χ3v) is 3.40. The maximum Gasteiger partial charge on any atom is 0.278 e. The van der Waals surface area contributed by atoms with Crippen molar-refractivity contribution in [2.24, 2.45) is 0 Å². The third-order valence-electron chi connectivity index (χ3n) is 2.49. The lowest BCUT2D eigenvalue weighted by Crippen LogP contribution is -2.25. The lowest BCUT2D eigenvalue weighted by atomic mass is 10.2. The molecule has 19 heavy (non-hydrogen) atoms. The number of anilines is 1. The lowest BCUT2D eigenvalue weighted by molar-refractivity contribution is 0.536. The Hall–Kier alpha value is -1.47. The minimum Gasteiger partial charge on any atom is -0.392 e. The van der Waals surface area contributed by atoms with Crippen molar-refractivity contribution < 1.29 is 8.78 Å². The molecule has 0 saturated carbocycles. The molecule has 1 aromatic carbocycles. The van der Waals surface area contributed by atoms with Crippen LogP contribution in [0, 0.1) is 11.6 Å². The van der Waals surface area contributed by atoms with Crippen molar-refractivity contribution in [2.45, 2.75) is 6.54 Å². The van der Waals surface area contributed by atoms with Crippen molar-refractivity contribution in [1.82, 2.24) is 9.55 Å². The molecule has 100 valence electrons. The van der Waals surface area contributed by atoms with Crippen LogP contribution in [-0.2, 0) is 6.54 Å². The van der Waals surface area contributed by atoms with Gasteiger partial charge in [-0.05, 0) is 28.1 Å². The van der Waals surface area contributed by atoms with Crippen molar-refractivity contribution in [2.75, 3.05) is 5.73 Å². The predicted molar refractivity (Wildman–Crippen MR) is 71.1 cm³/mol. The van der Waals surface area contributed by atoms with Crippen LogP contribution in [0.5, 0.6) is 0 Å². The molecule has 0 bridgehead atoms. The number of aromatic nitrogens is 2. The number of rotatable bonds is 2. The van der Waals surface area contributed by atoms with Gasteiger partial charge in [-0.1, -0.05) is 11.6 Å². The second-order valence-corrected chi connectivity index (χ2v) is 4.92. The second-order valence-electron chi connectivity index (χ2n) is 3.70. The summed E-state index contributed by atoms with van der Waals surface area (Å²) in [5.74, 6) is -1.54. The molecule has 0 unspecified atom stereocenters. The van der Waals surface area contributed by atoms with E-state index in [9.17, 15) is 13.6 Å². The van der Waals surface area contributed by atoms with Crippen molar-refractivity contribution >= 4 is 33.2 Å². The van der Waals surface area contributed by atoms with E-state index in [1.54, 1.807) is 0 Å². The van der Waals surface area contributed by atoms with Crippen molar-refractivity contribution in [1.29, 1.82) is 0 Å². The molecule has 2 aromatic rings. The fourth-order valence-corrected chi connectivity index (χ4v) is 1.98. The summed E-state index contributed by atoms with van der Waals surface area (Å²) in [6, 6.07) is 2.34. The van der Waals surface area contributed by atoms with E-state index < -0.39 is 17.2 Å². The Bertz CT molecular complexity index is 705. The summed E-state index contributed by atoms with van der Waals surface area (Å²) in [7, 11) is 0. The lowest BCUT2D eigenvalue weighted by Gasteiger charge is -2.09. The SMILES string of the molecule is Nc1c(Cl)ncn(Cc2c(F)ccc(Br)c2F)c1=O. The van der Waals surface area contributed by atoms with Crippen molar-refractivity contribution in [3.05, 3.63) is 55.6 Å². The summed E-state index contributed by atoms with van der Waals surface area (Å²) < 4.78 is 28.4. The van der Waals surface area contributed by atoms with Gasteiger partial charge in [0.1, 0.15) is 17.3 Å². The maximum absolute atomic E-state index is 13.8. The Morgan fingerprint density at radius 1 is 1.42 bits per heavy atom. The van der Waals surface area contributed by atoms with Gasteiger partial charge in [-0.25, -0.2) is 13.8 Å². The number of halogens is 4. The highest BCUT2D eigenvalue weighted by Crippen LogP contribution is 2.22. The Labute approximate surface area is 120 Å². The van der Waals surface area contributed by atoms with E-state index in [4.69, 9.17) is 17.3 Å². The van der Waals surface area contributed by atoms with Crippen LogP contribution < -0.4 is 11.3 Å². The van der Waals surface area contributed by atoms with Gasteiger partial charge in [-0.15, -0.1) is 0 Å². The quantitative estimate of drug-likeness (QED) is 0.669. The highest BCUT2D eigenvalue weighted by Gasteiger charge is 2.15. The highest BCUT2D eigenvalue weighted by atomic mass is 79.9. The van der Waals surface area contributed by atoms with Crippen LogP contribution in [-0.4, -0.2) is 9.55 Å². The zero-order valence-electron chi connectivity index (χ0n) is 9.33. The zero-order valence-corrected chi connectivity index (χ0v) is 11.7. The molecule has 0 spiro atoms. The number of nitrogens with two attached hydrogens (primary N) is 1. The van der Waals surface area contributed by atoms with E-state index >= 15 is 0 Å². The molecule has 0 saturated heterocycles. The molecule has 0 fully saturated rings. The molecule has 0 aliphatic rings. The first-order valence-corrected chi connectivity index (χ1v) is 6.21. The van der Waals surface area contributed by atoms with Crippen molar-refractivity contribution in [3.63, 3.8) is 0 Å². The first kappa shape index (κ1) is 14.0. The van der Waals surface area contributed by atoms with Crippen LogP contribution in [0.4, 0.5) is 14.5 Å². The van der Waals surface area contributed by atoms with Gasteiger partial charge in [0.25, 0.3) is 5.56 Å². The van der Waals surface area contributed by atoms with E-state index in [1.165, 1.54) is 6.07 Å². The van der Waals surface area contributed by atoms with Gasteiger partial charge in [0, 0.05) is 5.56 Å². The maximum atomic E-state index is 13.8. The Kier molecular flexibility index (Phi) is 3.86. The van der Waals surface area contributed by atoms with Crippen LogP contribution in [0.2, 0.25) is 5.15 Å². The second kappa shape index (κ2) is 5.26. The smallest absolute Gasteiger partial charge is 0.278 e. The van der Waals surface area contributed by atoms with Gasteiger partial charge in [0.05, 0.1) is 17.3 Å². The number of nitrogen functional groups attached to an aromatic ring is 1. The molecule has 2 rings (SSSR count). The van der Waals surface area contributed by atoms with E-state index in [2.05, 4.69) is 20.9 Å². The zero-order chi connectivity index (χ0) is 14.2. The first-order valence-electron chi connectivity index (χ1n) is 5.04. The van der Waals surface area contributed by atoms with Crippen LogP contribution >= 0.6 is 27.5 Å². The molecular weight excluding hydrogens is 343 g/mol. The van der Waals surface area contributed by atoms with Crippen LogP contribution in [0.3, 0.4) is 0 Å². The predicted octanol–water partition coefficient (Wildman–Crippen LogP) is 2.57. The van der Waals surface area contributed by atoms with Gasteiger partial charge in [0.2, 0.25) is 0 Å². The van der Waals surface area contributed by atoms with Gasteiger partial charge in [-0.3, -0.25) is 9.36 Å². The highest BCUT2D eigenvalue weighted by molar-refractivity contribution is 9.10. The molecule has 0 amide bonds. The van der Waals surface area contributed by atoms with Gasteiger partial charge >= 0.3 is 0 Å². The molecular formula is C11H7BrClF2N3O. The fraction of sp³-hybridized carbons (Fsp3) is 0.0909. The average molecular weight is 351 g/mol. The fourth-order valence-electron chi connectivity index (χ4n) is 1.48. The normalized spacial score (nSPS) is 10.7. The van der Waals surface area contributed by atoms with Crippen LogP contribution in [0.15, 0.2) is 27.7 Å². The van der Waals surface area contributed by atoms with Gasteiger partial charge in [-0.2, -0.15) is 0 Å². The summed E-state index contributed by atoms with van der Waals surface area (Å²) in [6.45, 7) is -0.329. The van der Waals surface area contributed by atoms with E-state index in [1.807, 2.05) is 0 Å². The number of hydrogen-bond donors (Lipinski definition) is 1. The molecule has 4 nitrogen and oxygen atoms in total. The molecule has 0 radical (unpaired) electrons. The summed E-state index contributed by atoms with van der Waals surface area (Å²) in [5, 5.41) is -0.142. The number of nitrogens with zero attached hydrogens (tertiary/aromatic N) is 2. The monoisotopic (exact) mass is 349 g/mol. The minimum atomic E-state index is -0.777. The standard InChI is InChI=1S/C11H7BrClF2N3O/c12-6-1-2-7(14)5(8(6)15)3-18-4-17-10(13)9(16)11(18)19/h1-2,4H,3,16H2. The van der Waals surface area contributed by atoms with E-state index in [-0.39, 0.29) is 27.4 Å². The summed E-state index contributed by atoms with van der Waals surface area (Å²) in [5.41, 5.74) is 4.24. The van der Waals surface area contributed by atoms with Crippen LogP contribution in [0.1, 0.15) is 5.56 Å². The third kappa shape index (κ3) is 2.62. The van der Waals surface area contributed by atoms with Crippen LogP contribution in [0.25, 0.3) is 0 Å². The Morgan fingerprint density at radius 2 is 2.11 bits per heavy atom. The minimum absolute atomic E-state index is 0.104. The van der Waals surface area contributed by atoms with E-state index in [0.29, 0.717) is 0 Å². The summed E-state index contributed by atoms with van der Waals surface area (Å²) >= 11 is 8.52. The largest absolute Gasteiger partial charge is 0.392 e. The molecule has 0 aliphatic carbocycles.